The third-order valence-electron chi connectivity index (χ3n) is 10.3. The van der Waals surface area contributed by atoms with Crippen molar-refractivity contribution in [1.29, 1.82) is 0 Å². The first-order chi connectivity index (χ1) is 12.8. The SMILES string of the molecule is C[C@@H](CCC(=O)O)[C@H]1CC[C@H]2[C@@H]3CC[C@@H]4CCCC[C@]4(C)[C@H]3C[C@H](O)[C@]12C. The van der Waals surface area contributed by atoms with Crippen LogP contribution in [0.1, 0.15) is 91.4 Å². The summed E-state index contributed by atoms with van der Waals surface area (Å²) in [5.74, 6) is 3.21. The van der Waals surface area contributed by atoms with Gasteiger partial charge in [0.2, 0.25) is 0 Å². The monoisotopic (exact) mass is 376 g/mol. The molecular formula is C24H40O3. The molecule has 3 heteroatoms. The van der Waals surface area contributed by atoms with E-state index >= 15 is 0 Å². The Hall–Kier alpha value is -0.570. The number of hydrogen-bond acceptors (Lipinski definition) is 2. The smallest absolute Gasteiger partial charge is 0.303 e. The molecule has 0 bridgehead atoms. The van der Waals surface area contributed by atoms with Crippen molar-refractivity contribution in [2.75, 3.05) is 0 Å². The average molecular weight is 377 g/mol. The van der Waals surface area contributed by atoms with E-state index in [9.17, 15) is 9.90 Å². The summed E-state index contributed by atoms with van der Waals surface area (Å²) in [6.07, 6.45) is 12.6. The number of fused-ring (bicyclic) bond motifs is 5. The van der Waals surface area contributed by atoms with Crippen LogP contribution in [-0.2, 0) is 4.79 Å². The molecule has 0 unspecified atom stereocenters. The van der Waals surface area contributed by atoms with Crippen molar-refractivity contribution in [3.8, 4) is 0 Å². The van der Waals surface area contributed by atoms with Gasteiger partial charge in [0, 0.05) is 6.42 Å². The predicted molar refractivity (Wildman–Crippen MR) is 107 cm³/mol. The Kier molecular flexibility index (Phi) is 5.15. The van der Waals surface area contributed by atoms with E-state index in [0.29, 0.717) is 29.1 Å². The largest absolute Gasteiger partial charge is 0.481 e. The highest BCUT2D eigenvalue weighted by molar-refractivity contribution is 5.66. The van der Waals surface area contributed by atoms with Gasteiger partial charge in [0.05, 0.1) is 6.10 Å². The summed E-state index contributed by atoms with van der Waals surface area (Å²) in [4.78, 5) is 11.1. The van der Waals surface area contributed by atoms with E-state index in [4.69, 9.17) is 5.11 Å². The second-order valence-corrected chi connectivity index (χ2v) is 11.1. The molecule has 154 valence electrons. The third-order valence-corrected chi connectivity index (χ3v) is 10.3. The van der Waals surface area contributed by atoms with Crippen LogP contribution in [0.25, 0.3) is 0 Å². The Morgan fingerprint density at radius 2 is 1.85 bits per heavy atom. The van der Waals surface area contributed by atoms with Crippen LogP contribution in [0.2, 0.25) is 0 Å². The topological polar surface area (TPSA) is 57.5 Å². The molecule has 4 fully saturated rings. The van der Waals surface area contributed by atoms with Gasteiger partial charge in [-0.1, -0.05) is 33.6 Å². The zero-order chi connectivity index (χ0) is 19.4. The summed E-state index contributed by atoms with van der Waals surface area (Å²) < 4.78 is 0. The van der Waals surface area contributed by atoms with Gasteiger partial charge in [-0.25, -0.2) is 0 Å². The average Bonchev–Trinajstić information content (AvgIpc) is 2.99. The molecule has 4 saturated carbocycles. The van der Waals surface area contributed by atoms with Gasteiger partial charge in [-0.2, -0.15) is 0 Å². The van der Waals surface area contributed by atoms with Crippen LogP contribution >= 0.6 is 0 Å². The lowest BCUT2D eigenvalue weighted by atomic mass is 9.44. The standard InChI is InChI=1S/C24H40O3/c1-15(7-12-22(26)27)18-10-11-19-17-9-8-16-6-4-5-13-23(16,2)20(17)14-21(25)24(18,19)3/h15-21,25H,4-14H2,1-3H3,(H,26,27)/t15-,16-,17-,18+,19-,20-,21-,23-,24+/m0/s1. The molecule has 0 saturated heterocycles. The predicted octanol–water partition coefficient (Wildman–Crippen LogP) is 5.51. The van der Waals surface area contributed by atoms with E-state index in [1.807, 2.05) is 0 Å². The van der Waals surface area contributed by atoms with Crippen LogP contribution in [0.3, 0.4) is 0 Å². The van der Waals surface area contributed by atoms with Crippen molar-refractivity contribution >= 4 is 5.97 Å². The van der Waals surface area contributed by atoms with Gasteiger partial charge in [0.25, 0.3) is 0 Å². The van der Waals surface area contributed by atoms with E-state index in [-0.39, 0.29) is 17.9 Å². The molecule has 0 aromatic carbocycles. The first kappa shape index (κ1) is 19.7. The highest BCUT2D eigenvalue weighted by atomic mass is 16.4. The molecule has 0 aromatic rings. The summed E-state index contributed by atoms with van der Waals surface area (Å²) >= 11 is 0. The first-order valence-electron chi connectivity index (χ1n) is 11.7. The van der Waals surface area contributed by atoms with Gasteiger partial charge >= 0.3 is 5.97 Å². The van der Waals surface area contributed by atoms with Gasteiger partial charge in [-0.15, -0.1) is 0 Å². The number of aliphatic carboxylic acids is 1. The minimum absolute atomic E-state index is 0.00303. The second-order valence-electron chi connectivity index (χ2n) is 11.1. The van der Waals surface area contributed by atoms with E-state index in [1.165, 1.54) is 51.4 Å². The van der Waals surface area contributed by atoms with Crippen LogP contribution in [0.4, 0.5) is 0 Å². The fraction of sp³-hybridized carbons (Fsp3) is 0.958. The highest BCUT2D eigenvalue weighted by Crippen LogP contribution is 2.68. The molecule has 0 amide bonds. The molecule has 27 heavy (non-hydrogen) atoms. The maximum Gasteiger partial charge on any atom is 0.303 e. The Morgan fingerprint density at radius 1 is 1.07 bits per heavy atom. The zero-order valence-corrected chi connectivity index (χ0v) is 17.6. The Bertz CT molecular complexity index is 574. The minimum Gasteiger partial charge on any atom is -0.481 e. The molecular weight excluding hydrogens is 336 g/mol. The number of aliphatic hydroxyl groups is 1. The number of carboxylic acid groups (broad SMARTS) is 1. The number of carboxylic acids is 1. The third kappa shape index (κ3) is 2.98. The van der Waals surface area contributed by atoms with Crippen molar-refractivity contribution < 1.29 is 15.0 Å². The van der Waals surface area contributed by atoms with Gasteiger partial charge in [0.1, 0.15) is 0 Å². The van der Waals surface area contributed by atoms with Crippen LogP contribution < -0.4 is 0 Å². The van der Waals surface area contributed by atoms with E-state index in [2.05, 4.69) is 20.8 Å². The van der Waals surface area contributed by atoms with Crippen LogP contribution in [-0.4, -0.2) is 22.3 Å². The van der Waals surface area contributed by atoms with Crippen molar-refractivity contribution in [2.24, 2.45) is 46.3 Å². The highest BCUT2D eigenvalue weighted by Gasteiger charge is 2.63. The van der Waals surface area contributed by atoms with Crippen LogP contribution in [0, 0.1) is 46.3 Å². The summed E-state index contributed by atoms with van der Waals surface area (Å²) in [6.45, 7) is 7.16. The normalized spacial score (nSPS) is 50.4. The van der Waals surface area contributed by atoms with Crippen molar-refractivity contribution in [2.45, 2.75) is 97.5 Å². The number of carbonyl (C=O) groups is 1. The summed E-state index contributed by atoms with van der Waals surface area (Å²) in [7, 11) is 0. The number of hydrogen-bond donors (Lipinski definition) is 2. The van der Waals surface area contributed by atoms with Gasteiger partial charge < -0.3 is 10.2 Å². The lowest BCUT2D eigenvalue weighted by Crippen LogP contribution is -2.58. The molecule has 0 heterocycles. The molecule has 4 aliphatic carbocycles. The molecule has 0 radical (unpaired) electrons. The molecule has 0 aliphatic heterocycles. The van der Waals surface area contributed by atoms with Gasteiger partial charge in [0.15, 0.2) is 0 Å². The molecule has 2 N–H and O–H groups in total. The summed E-state index contributed by atoms with van der Waals surface area (Å²) in [5.41, 5.74) is 0.452. The minimum atomic E-state index is -0.686. The van der Waals surface area contributed by atoms with Crippen molar-refractivity contribution in [3.63, 3.8) is 0 Å². The molecule has 0 spiro atoms. The molecule has 4 aliphatic rings. The van der Waals surface area contributed by atoms with E-state index in [0.717, 1.165) is 24.7 Å². The van der Waals surface area contributed by atoms with Crippen LogP contribution in [0.15, 0.2) is 0 Å². The molecule has 0 aromatic heterocycles. The zero-order valence-electron chi connectivity index (χ0n) is 17.6. The molecule has 4 rings (SSSR count). The fourth-order valence-corrected chi connectivity index (χ4v) is 8.77. The second kappa shape index (κ2) is 7.04. The number of aliphatic hydroxyl groups excluding tert-OH is 1. The quantitative estimate of drug-likeness (QED) is 0.680. The molecule has 3 nitrogen and oxygen atoms in total. The van der Waals surface area contributed by atoms with E-state index < -0.39 is 5.97 Å². The van der Waals surface area contributed by atoms with Crippen molar-refractivity contribution in [1.82, 2.24) is 0 Å². The lowest BCUT2D eigenvalue weighted by molar-refractivity contribution is -0.168. The Labute approximate surface area is 165 Å². The Morgan fingerprint density at radius 3 is 2.59 bits per heavy atom. The first-order valence-corrected chi connectivity index (χ1v) is 11.7. The summed E-state index contributed by atoms with van der Waals surface area (Å²) in [6, 6.07) is 0. The fourth-order valence-electron chi connectivity index (χ4n) is 8.77. The lowest BCUT2D eigenvalue weighted by Gasteiger charge is -2.62. The molecule has 9 atom stereocenters. The van der Waals surface area contributed by atoms with E-state index in [1.54, 1.807) is 0 Å². The summed E-state index contributed by atoms with van der Waals surface area (Å²) in [5, 5.41) is 20.6. The van der Waals surface area contributed by atoms with Gasteiger partial charge in [-0.05, 0) is 97.7 Å². The number of rotatable bonds is 4. The van der Waals surface area contributed by atoms with Crippen LogP contribution in [0.5, 0.6) is 0 Å². The van der Waals surface area contributed by atoms with Crippen molar-refractivity contribution in [3.05, 3.63) is 0 Å². The maximum absolute atomic E-state index is 11.5. The Balaban J connectivity index is 1.57. The maximum atomic E-state index is 11.5. The van der Waals surface area contributed by atoms with Gasteiger partial charge in [-0.3, -0.25) is 4.79 Å².